The third-order valence-corrected chi connectivity index (χ3v) is 6.85. The first-order valence-electron chi connectivity index (χ1n) is 12.6. The molecule has 36 heavy (non-hydrogen) atoms. The average molecular weight is 496 g/mol. The number of rotatable bonds is 8. The summed E-state index contributed by atoms with van der Waals surface area (Å²) in [5.74, 6) is -0.546. The van der Waals surface area contributed by atoms with E-state index >= 15 is 0 Å². The standard InChI is InChI=1S/C27H34FN5O3/c1-3-4-10-23-26(35)31(16-15-20-11-13-22(28)14-12-20)18-24-32(23)25(34)19-30(2)33(24)27(36)29-17-21-8-6-5-7-9-21/h5-9,11-14,23-24H,3-4,10,15-19H2,1-2H3,(H,29,36)/t23-,24-/m0/s1. The van der Waals surface area contributed by atoms with Crippen LogP contribution in [0.15, 0.2) is 54.6 Å². The highest BCUT2D eigenvalue weighted by molar-refractivity contribution is 5.91. The van der Waals surface area contributed by atoms with E-state index in [1.54, 1.807) is 39.0 Å². The lowest BCUT2D eigenvalue weighted by molar-refractivity contribution is -0.187. The van der Waals surface area contributed by atoms with Crippen molar-refractivity contribution in [3.8, 4) is 0 Å². The van der Waals surface area contributed by atoms with Gasteiger partial charge in [-0.05, 0) is 36.1 Å². The first-order valence-corrected chi connectivity index (χ1v) is 12.6. The van der Waals surface area contributed by atoms with Crippen LogP contribution in [0.1, 0.15) is 37.3 Å². The fourth-order valence-corrected chi connectivity index (χ4v) is 4.95. The van der Waals surface area contributed by atoms with E-state index in [2.05, 4.69) is 5.32 Å². The van der Waals surface area contributed by atoms with Gasteiger partial charge in [0.2, 0.25) is 11.8 Å². The summed E-state index contributed by atoms with van der Waals surface area (Å²) in [7, 11) is 1.72. The van der Waals surface area contributed by atoms with Gasteiger partial charge in [0.25, 0.3) is 0 Å². The van der Waals surface area contributed by atoms with Crippen molar-refractivity contribution in [3.63, 3.8) is 0 Å². The number of urea groups is 1. The number of fused-ring (bicyclic) bond motifs is 1. The van der Waals surface area contributed by atoms with E-state index < -0.39 is 12.2 Å². The number of halogens is 1. The van der Waals surface area contributed by atoms with Gasteiger partial charge < -0.3 is 15.1 Å². The van der Waals surface area contributed by atoms with Crippen LogP contribution in [-0.4, -0.2) is 76.6 Å². The summed E-state index contributed by atoms with van der Waals surface area (Å²) in [6.07, 6.45) is 2.21. The third kappa shape index (κ3) is 5.67. The Morgan fingerprint density at radius 3 is 2.47 bits per heavy atom. The minimum atomic E-state index is -0.609. The van der Waals surface area contributed by atoms with Gasteiger partial charge in [-0.3, -0.25) is 9.59 Å². The van der Waals surface area contributed by atoms with E-state index in [0.717, 1.165) is 24.0 Å². The number of carbonyl (C=O) groups excluding carboxylic acids is 3. The molecule has 4 rings (SSSR count). The molecule has 1 N–H and O–H groups in total. The lowest BCUT2D eigenvalue weighted by Gasteiger charge is -2.54. The molecule has 2 heterocycles. The van der Waals surface area contributed by atoms with Crippen LogP contribution >= 0.6 is 0 Å². The SMILES string of the molecule is CCCC[C@H]1C(=O)N(CCc2ccc(F)cc2)C[C@H]2N1C(=O)CN(C)N2C(=O)NCc1ccccc1. The molecule has 0 aromatic heterocycles. The summed E-state index contributed by atoms with van der Waals surface area (Å²) in [5.41, 5.74) is 1.89. The Morgan fingerprint density at radius 1 is 1.06 bits per heavy atom. The molecule has 2 aromatic rings. The second-order valence-electron chi connectivity index (χ2n) is 9.41. The van der Waals surface area contributed by atoms with Crippen molar-refractivity contribution in [2.75, 3.05) is 26.7 Å². The van der Waals surface area contributed by atoms with Gasteiger partial charge in [0, 0.05) is 20.1 Å². The van der Waals surface area contributed by atoms with E-state index in [4.69, 9.17) is 0 Å². The zero-order valence-corrected chi connectivity index (χ0v) is 20.9. The number of unbranched alkanes of at least 4 members (excludes halogenated alkanes) is 1. The van der Waals surface area contributed by atoms with Crippen molar-refractivity contribution in [1.82, 2.24) is 25.1 Å². The minimum Gasteiger partial charge on any atom is -0.337 e. The third-order valence-electron chi connectivity index (χ3n) is 6.85. The van der Waals surface area contributed by atoms with Crippen LogP contribution in [0.5, 0.6) is 0 Å². The molecular formula is C27H34FN5O3. The predicted molar refractivity (Wildman–Crippen MR) is 134 cm³/mol. The van der Waals surface area contributed by atoms with Gasteiger partial charge in [-0.25, -0.2) is 19.2 Å². The Labute approximate surface area is 211 Å². The molecule has 192 valence electrons. The molecule has 9 heteroatoms. The van der Waals surface area contributed by atoms with Crippen LogP contribution in [0.4, 0.5) is 9.18 Å². The number of carbonyl (C=O) groups is 3. The quantitative estimate of drug-likeness (QED) is 0.611. The van der Waals surface area contributed by atoms with Crippen molar-refractivity contribution in [1.29, 1.82) is 0 Å². The van der Waals surface area contributed by atoms with E-state index in [1.807, 2.05) is 37.3 Å². The highest BCUT2D eigenvalue weighted by Crippen LogP contribution is 2.28. The molecule has 0 bridgehead atoms. The van der Waals surface area contributed by atoms with Crippen LogP contribution in [0.3, 0.4) is 0 Å². The zero-order valence-electron chi connectivity index (χ0n) is 20.9. The summed E-state index contributed by atoms with van der Waals surface area (Å²) in [6.45, 7) is 3.08. The second kappa shape index (κ2) is 11.5. The van der Waals surface area contributed by atoms with Crippen LogP contribution < -0.4 is 5.32 Å². The lowest BCUT2D eigenvalue weighted by Crippen LogP contribution is -2.76. The van der Waals surface area contributed by atoms with Crippen molar-refractivity contribution < 1.29 is 18.8 Å². The maximum Gasteiger partial charge on any atom is 0.334 e. The Morgan fingerprint density at radius 2 is 1.78 bits per heavy atom. The zero-order chi connectivity index (χ0) is 25.7. The van der Waals surface area contributed by atoms with Gasteiger partial charge in [-0.2, -0.15) is 0 Å². The number of amides is 4. The Hall–Kier alpha value is -3.46. The van der Waals surface area contributed by atoms with Gasteiger partial charge in [-0.15, -0.1) is 0 Å². The number of nitrogens with zero attached hydrogens (tertiary/aromatic N) is 4. The van der Waals surface area contributed by atoms with Crippen molar-refractivity contribution in [3.05, 3.63) is 71.5 Å². The molecule has 0 unspecified atom stereocenters. The number of hydrazine groups is 1. The Bertz CT molecular complexity index is 1060. The molecule has 2 aromatic carbocycles. The summed E-state index contributed by atoms with van der Waals surface area (Å²) in [5, 5.41) is 6.17. The smallest absolute Gasteiger partial charge is 0.334 e. The van der Waals surface area contributed by atoms with E-state index in [0.29, 0.717) is 25.9 Å². The number of benzene rings is 2. The van der Waals surface area contributed by atoms with Gasteiger partial charge in [0.15, 0.2) is 0 Å². The number of nitrogens with one attached hydrogen (secondary N) is 1. The van der Waals surface area contributed by atoms with E-state index in [-0.39, 0.29) is 36.8 Å². The highest BCUT2D eigenvalue weighted by atomic mass is 19.1. The van der Waals surface area contributed by atoms with Gasteiger partial charge >= 0.3 is 6.03 Å². The molecule has 2 aliphatic rings. The average Bonchev–Trinajstić information content (AvgIpc) is 2.87. The highest BCUT2D eigenvalue weighted by Gasteiger charge is 2.50. The monoisotopic (exact) mass is 495 g/mol. The maximum atomic E-state index is 13.5. The molecule has 0 aliphatic carbocycles. The minimum absolute atomic E-state index is 0.0285. The lowest BCUT2D eigenvalue weighted by atomic mass is 10.0. The van der Waals surface area contributed by atoms with Crippen molar-refractivity contribution in [2.24, 2.45) is 0 Å². The second-order valence-corrected chi connectivity index (χ2v) is 9.41. The summed E-state index contributed by atoms with van der Waals surface area (Å²) in [4.78, 5) is 43.4. The van der Waals surface area contributed by atoms with Crippen LogP contribution in [0, 0.1) is 5.82 Å². The first kappa shape index (κ1) is 25.6. The van der Waals surface area contributed by atoms with Crippen molar-refractivity contribution in [2.45, 2.75) is 51.4 Å². The fraction of sp³-hybridized carbons (Fsp3) is 0.444. The summed E-state index contributed by atoms with van der Waals surface area (Å²) in [6, 6.07) is 15.0. The largest absolute Gasteiger partial charge is 0.337 e. The van der Waals surface area contributed by atoms with Gasteiger partial charge in [0.05, 0.1) is 13.1 Å². The fourth-order valence-electron chi connectivity index (χ4n) is 4.95. The van der Waals surface area contributed by atoms with E-state index in [1.165, 1.54) is 12.1 Å². The van der Waals surface area contributed by atoms with Crippen molar-refractivity contribution >= 4 is 17.8 Å². The van der Waals surface area contributed by atoms with Crippen LogP contribution in [0.25, 0.3) is 0 Å². The molecule has 8 nitrogen and oxygen atoms in total. The Kier molecular flexibility index (Phi) is 8.20. The van der Waals surface area contributed by atoms with Crippen LogP contribution in [-0.2, 0) is 22.6 Å². The number of hydrogen-bond donors (Lipinski definition) is 1. The normalized spacial score (nSPS) is 20.5. The molecule has 2 fully saturated rings. The number of likely N-dealkylation sites (N-methyl/N-ethyl adjacent to an activating group) is 1. The molecule has 2 atom stereocenters. The molecule has 0 saturated carbocycles. The molecule has 0 radical (unpaired) electrons. The molecule has 2 saturated heterocycles. The van der Waals surface area contributed by atoms with E-state index in [9.17, 15) is 18.8 Å². The maximum absolute atomic E-state index is 13.5. The van der Waals surface area contributed by atoms with Crippen LogP contribution in [0.2, 0.25) is 0 Å². The Balaban J connectivity index is 1.55. The predicted octanol–water partition coefficient (Wildman–Crippen LogP) is 3.00. The number of hydrogen-bond acceptors (Lipinski definition) is 4. The molecule has 0 spiro atoms. The summed E-state index contributed by atoms with van der Waals surface area (Å²) >= 11 is 0. The van der Waals surface area contributed by atoms with Gasteiger partial charge in [-0.1, -0.05) is 62.2 Å². The topological polar surface area (TPSA) is 76.2 Å². The summed E-state index contributed by atoms with van der Waals surface area (Å²) < 4.78 is 13.3. The number of piperazine rings is 1. The first-order chi connectivity index (χ1) is 17.4. The van der Waals surface area contributed by atoms with Gasteiger partial charge in [0.1, 0.15) is 18.0 Å². The molecule has 4 amide bonds. The molecule has 2 aliphatic heterocycles. The molecular weight excluding hydrogens is 461 g/mol.